The number of halogens is 2. The third-order valence-corrected chi connectivity index (χ3v) is 2.34. The second-order valence-corrected chi connectivity index (χ2v) is 3.58. The molecule has 0 fully saturated rings. The molecular formula is C12H14F2O2. The lowest BCUT2D eigenvalue weighted by molar-refractivity contribution is -0.107. The van der Waals surface area contributed by atoms with Crippen molar-refractivity contribution in [2.75, 3.05) is 7.11 Å². The van der Waals surface area contributed by atoms with Crippen molar-refractivity contribution >= 4 is 6.29 Å². The fourth-order valence-corrected chi connectivity index (χ4v) is 1.63. The number of ether oxygens (including phenoxy) is 1. The zero-order valence-corrected chi connectivity index (χ0v) is 9.30. The molecule has 0 saturated carbocycles. The molecule has 88 valence electrons. The molecule has 1 aromatic carbocycles. The summed E-state index contributed by atoms with van der Waals surface area (Å²) in [6.45, 7) is 0.839. The van der Waals surface area contributed by atoms with Crippen LogP contribution in [0.3, 0.4) is 0 Å². The third-order valence-electron chi connectivity index (χ3n) is 2.34. The maximum atomic E-state index is 13.3. The van der Waals surface area contributed by atoms with Crippen molar-refractivity contribution in [2.24, 2.45) is 0 Å². The Labute approximate surface area is 93.2 Å². The first kappa shape index (κ1) is 12.6. The van der Waals surface area contributed by atoms with Crippen molar-refractivity contribution in [2.45, 2.75) is 25.7 Å². The Kier molecular flexibility index (Phi) is 3.99. The fraction of sp³-hybridized carbons (Fsp3) is 0.417. The van der Waals surface area contributed by atoms with Crippen LogP contribution in [0.2, 0.25) is 0 Å². The summed E-state index contributed by atoms with van der Waals surface area (Å²) in [4.78, 5) is 10.3. The number of aldehydes is 1. The van der Waals surface area contributed by atoms with Gasteiger partial charge in [0.05, 0.1) is 7.11 Å². The fourth-order valence-electron chi connectivity index (χ4n) is 1.63. The van der Waals surface area contributed by atoms with E-state index in [1.54, 1.807) is 6.07 Å². The number of rotatable bonds is 5. The van der Waals surface area contributed by atoms with Gasteiger partial charge in [-0.15, -0.1) is 0 Å². The molecule has 1 rings (SSSR count). The van der Waals surface area contributed by atoms with Gasteiger partial charge in [0.2, 0.25) is 0 Å². The highest BCUT2D eigenvalue weighted by Gasteiger charge is 2.28. The molecule has 0 amide bonds. The summed E-state index contributed by atoms with van der Waals surface area (Å²) in [5.74, 6) is -2.52. The van der Waals surface area contributed by atoms with Crippen molar-refractivity contribution in [3.8, 4) is 5.75 Å². The Bertz CT molecular complexity index is 370. The maximum absolute atomic E-state index is 13.3. The Hall–Kier alpha value is -1.45. The molecule has 0 atom stereocenters. The number of carbonyl (C=O) groups excluding carboxylic acids is 1. The van der Waals surface area contributed by atoms with Crippen LogP contribution >= 0.6 is 0 Å². The molecule has 16 heavy (non-hydrogen) atoms. The number of hydrogen-bond donors (Lipinski definition) is 0. The van der Waals surface area contributed by atoms with Crippen LogP contribution in [0.25, 0.3) is 0 Å². The standard InChI is InChI=1S/C12H14F2O2/c1-12(13,14)10-6-3-7-11(16-2)9(10)5-4-8-15/h3,6-8H,4-5H2,1-2H3. The minimum atomic E-state index is -2.92. The Morgan fingerprint density at radius 2 is 2.12 bits per heavy atom. The number of methoxy groups -OCH3 is 1. The van der Waals surface area contributed by atoms with Gasteiger partial charge in [-0.1, -0.05) is 12.1 Å². The van der Waals surface area contributed by atoms with Gasteiger partial charge < -0.3 is 9.53 Å². The van der Waals surface area contributed by atoms with Gasteiger partial charge in [0, 0.05) is 24.5 Å². The molecule has 0 heterocycles. The van der Waals surface area contributed by atoms with Crippen LogP contribution in [0.1, 0.15) is 24.5 Å². The lowest BCUT2D eigenvalue weighted by Crippen LogP contribution is -2.12. The summed E-state index contributed by atoms with van der Waals surface area (Å²) in [6, 6.07) is 4.51. The predicted molar refractivity (Wildman–Crippen MR) is 56.9 cm³/mol. The van der Waals surface area contributed by atoms with Gasteiger partial charge in [0.25, 0.3) is 5.92 Å². The van der Waals surface area contributed by atoms with Gasteiger partial charge in [-0.05, 0) is 12.5 Å². The van der Waals surface area contributed by atoms with E-state index >= 15 is 0 Å². The molecule has 4 heteroatoms. The summed E-state index contributed by atoms with van der Waals surface area (Å²) in [5.41, 5.74) is 0.332. The highest BCUT2D eigenvalue weighted by atomic mass is 19.3. The highest BCUT2D eigenvalue weighted by Crippen LogP contribution is 2.34. The van der Waals surface area contributed by atoms with E-state index < -0.39 is 5.92 Å². The van der Waals surface area contributed by atoms with E-state index in [1.807, 2.05) is 0 Å². The molecule has 0 aliphatic rings. The smallest absolute Gasteiger partial charge is 0.270 e. The van der Waals surface area contributed by atoms with Crippen LogP contribution in [-0.2, 0) is 17.1 Å². The first-order valence-electron chi connectivity index (χ1n) is 4.98. The normalized spacial score (nSPS) is 11.2. The Morgan fingerprint density at radius 1 is 1.44 bits per heavy atom. The molecule has 0 aliphatic carbocycles. The monoisotopic (exact) mass is 228 g/mol. The molecular weight excluding hydrogens is 214 g/mol. The molecule has 1 aromatic rings. The molecule has 0 aliphatic heterocycles. The van der Waals surface area contributed by atoms with E-state index in [2.05, 4.69) is 0 Å². The SMILES string of the molecule is COc1cccc(C(C)(F)F)c1CCC=O. The van der Waals surface area contributed by atoms with Crippen molar-refractivity contribution in [1.82, 2.24) is 0 Å². The molecule has 0 unspecified atom stereocenters. The third kappa shape index (κ3) is 2.78. The summed E-state index contributed by atoms with van der Waals surface area (Å²) < 4.78 is 31.7. The summed E-state index contributed by atoms with van der Waals surface area (Å²) in [7, 11) is 1.43. The van der Waals surface area contributed by atoms with Gasteiger partial charge in [-0.25, -0.2) is 8.78 Å². The second kappa shape index (κ2) is 5.05. The summed E-state index contributed by atoms with van der Waals surface area (Å²) >= 11 is 0. The lowest BCUT2D eigenvalue weighted by atomic mass is 9.98. The van der Waals surface area contributed by atoms with Gasteiger partial charge in [-0.3, -0.25) is 0 Å². The zero-order valence-electron chi connectivity index (χ0n) is 9.30. The first-order valence-corrected chi connectivity index (χ1v) is 4.98. The highest BCUT2D eigenvalue weighted by molar-refractivity contribution is 5.52. The van der Waals surface area contributed by atoms with Crippen LogP contribution in [-0.4, -0.2) is 13.4 Å². The second-order valence-electron chi connectivity index (χ2n) is 3.58. The van der Waals surface area contributed by atoms with Crippen LogP contribution in [0.5, 0.6) is 5.75 Å². The van der Waals surface area contributed by atoms with Crippen LogP contribution in [0.4, 0.5) is 8.78 Å². The van der Waals surface area contributed by atoms with Crippen molar-refractivity contribution in [3.63, 3.8) is 0 Å². The minimum Gasteiger partial charge on any atom is -0.496 e. The largest absolute Gasteiger partial charge is 0.496 e. The molecule has 2 nitrogen and oxygen atoms in total. The van der Waals surface area contributed by atoms with Crippen molar-refractivity contribution in [3.05, 3.63) is 29.3 Å². The quantitative estimate of drug-likeness (QED) is 0.724. The van der Waals surface area contributed by atoms with E-state index in [9.17, 15) is 13.6 Å². The molecule has 0 radical (unpaired) electrons. The molecule has 0 aromatic heterocycles. The van der Waals surface area contributed by atoms with Gasteiger partial charge in [-0.2, -0.15) is 0 Å². The summed E-state index contributed by atoms with van der Waals surface area (Å²) in [5, 5.41) is 0. The minimum absolute atomic E-state index is 0.0753. The number of carbonyl (C=O) groups is 1. The Morgan fingerprint density at radius 3 is 2.62 bits per heavy atom. The van der Waals surface area contributed by atoms with Gasteiger partial charge in [0.1, 0.15) is 12.0 Å². The van der Waals surface area contributed by atoms with E-state index in [0.29, 0.717) is 17.6 Å². The molecule has 0 spiro atoms. The van der Waals surface area contributed by atoms with Gasteiger partial charge >= 0.3 is 0 Å². The van der Waals surface area contributed by atoms with Crippen LogP contribution < -0.4 is 4.74 Å². The molecule has 0 saturated heterocycles. The average Bonchev–Trinajstić information content (AvgIpc) is 2.24. The van der Waals surface area contributed by atoms with Crippen LogP contribution in [0.15, 0.2) is 18.2 Å². The number of alkyl halides is 2. The van der Waals surface area contributed by atoms with E-state index in [1.165, 1.54) is 19.2 Å². The maximum Gasteiger partial charge on any atom is 0.270 e. The number of hydrogen-bond acceptors (Lipinski definition) is 2. The van der Waals surface area contributed by atoms with E-state index in [-0.39, 0.29) is 18.4 Å². The van der Waals surface area contributed by atoms with E-state index in [0.717, 1.165) is 6.92 Å². The van der Waals surface area contributed by atoms with Gasteiger partial charge in [0.15, 0.2) is 0 Å². The average molecular weight is 228 g/mol. The topological polar surface area (TPSA) is 26.3 Å². The van der Waals surface area contributed by atoms with E-state index in [4.69, 9.17) is 4.74 Å². The summed E-state index contributed by atoms with van der Waals surface area (Å²) in [6.07, 6.45) is 1.19. The van der Waals surface area contributed by atoms with Crippen LogP contribution in [0, 0.1) is 0 Å². The number of benzene rings is 1. The molecule has 0 N–H and O–H groups in total. The lowest BCUT2D eigenvalue weighted by Gasteiger charge is -2.17. The first-order chi connectivity index (χ1) is 7.50. The van der Waals surface area contributed by atoms with Crippen molar-refractivity contribution in [1.29, 1.82) is 0 Å². The Balaban J connectivity index is 3.20. The zero-order chi connectivity index (χ0) is 12.2. The predicted octanol–water partition coefficient (Wildman–Crippen LogP) is 2.94. The van der Waals surface area contributed by atoms with Crippen molar-refractivity contribution < 1.29 is 18.3 Å². The molecule has 0 bridgehead atoms.